The van der Waals surface area contributed by atoms with E-state index in [1.807, 2.05) is 0 Å². The number of hydrogen-bond acceptors (Lipinski definition) is 2. The van der Waals surface area contributed by atoms with Crippen LogP contribution in [0.5, 0.6) is 0 Å². The highest BCUT2D eigenvalue weighted by molar-refractivity contribution is 5.75. The first-order chi connectivity index (χ1) is 11.1. The molecule has 2 atom stereocenters. The average molecular weight is 344 g/mol. The summed E-state index contributed by atoms with van der Waals surface area (Å²) in [5, 5.41) is 12.0. The maximum Gasteiger partial charge on any atom is 0.408 e. The SMILES string of the molecule is CC1(C)CN(C(=O)NC(CCc2ccccc2)C(F)(F)F)CC1O. The Labute approximate surface area is 139 Å². The highest BCUT2D eigenvalue weighted by Gasteiger charge is 2.44. The van der Waals surface area contributed by atoms with E-state index in [9.17, 15) is 23.1 Å². The van der Waals surface area contributed by atoms with Gasteiger partial charge in [-0.3, -0.25) is 0 Å². The molecule has 1 aromatic rings. The van der Waals surface area contributed by atoms with Crippen molar-refractivity contribution < 1.29 is 23.1 Å². The van der Waals surface area contributed by atoms with E-state index in [-0.39, 0.29) is 25.9 Å². The van der Waals surface area contributed by atoms with E-state index < -0.39 is 29.8 Å². The van der Waals surface area contributed by atoms with Gasteiger partial charge in [-0.15, -0.1) is 0 Å². The molecule has 0 aromatic heterocycles. The second kappa shape index (κ2) is 7.01. The van der Waals surface area contributed by atoms with Crippen molar-refractivity contribution >= 4 is 6.03 Å². The van der Waals surface area contributed by atoms with Gasteiger partial charge in [0.05, 0.1) is 6.10 Å². The molecular weight excluding hydrogens is 321 g/mol. The molecule has 0 radical (unpaired) electrons. The Morgan fingerprint density at radius 2 is 2.00 bits per heavy atom. The van der Waals surface area contributed by atoms with Crippen molar-refractivity contribution in [1.82, 2.24) is 10.2 Å². The van der Waals surface area contributed by atoms with Gasteiger partial charge in [0.1, 0.15) is 6.04 Å². The molecule has 1 saturated heterocycles. The summed E-state index contributed by atoms with van der Waals surface area (Å²) in [6.45, 7) is 3.83. The number of nitrogens with zero attached hydrogens (tertiary/aromatic N) is 1. The van der Waals surface area contributed by atoms with Crippen LogP contribution < -0.4 is 5.32 Å². The summed E-state index contributed by atoms with van der Waals surface area (Å²) in [7, 11) is 0. The fourth-order valence-corrected chi connectivity index (χ4v) is 2.79. The van der Waals surface area contributed by atoms with Crippen molar-refractivity contribution in [1.29, 1.82) is 0 Å². The minimum absolute atomic E-state index is 0.0437. The van der Waals surface area contributed by atoms with Crippen molar-refractivity contribution in [2.45, 2.75) is 45.0 Å². The lowest BCUT2D eigenvalue weighted by atomic mass is 9.90. The molecule has 0 bridgehead atoms. The van der Waals surface area contributed by atoms with Crippen LogP contribution in [0.2, 0.25) is 0 Å². The van der Waals surface area contributed by atoms with Crippen LogP contribution in [-0.4, -0.2) is 47.4 Å². The lowest BCUT2D eigenvalue weighted by molar-refractivity contribution is -0.154. The van der Waals surface area contributed by atoms with Crippen molar-refractivity contribution in [2.75, 3.05) is 13.1 Å². The quantitative estimate of drug-likeness (QED) is 0.882. The maximum atomic E-state index is 13.2. The Morgan fingerprint density at radius 1 is 1.38 bits per heavy atom. The molecule has 4 nitrogen and oxygen atoms in total. The van der Waals surface area contributed by atoms with Crippen LogP contribution in [0.4, 0.5) is 18.0 Å². The van der Waals surface area contributed by atoms with E-state index in [1.54, 1.807) is 44.2 Å². The number of carbonyl (C=O) groups is 1. The summed E-state index contributed by atoms with van der Waals surface area (Å²) in [5.74, 6) is 0. The number of amides is 2. The number of nitrogens with one attached hydrogen (secondary N) is 1. The molecule has 1 aliphatic heterocycles. The summed E-state index contributed by atoms with van der Waals surface area (Å²) < 4.78 is 39.6. The van der Waals surface area contributed by atoms with Gasteiger partial charge in [0.25, 0.3) is 0 Å². The first kappa shape index (κ1) is 18.6. The molecule has 1 heterocycles. The van der Waals surface area contributed by atoms with Crippen molar-refractivity contribution in [3.63, 3.8) is 0 Å². The molecule has 134 valence electrons. The number of rotatable bonds is 4. The topological polar surface area (TPSA) is 52.6 Å². The van der Waals surface area contributed by atoms with Gasteiger partial charge in [-0.2, -0.15) is 13.2 Å². The zero-order valence-corrected chi connectivity index (χ0v) is 13.8. The van der Waals surface area contributed by atoms with Gasteiger partial charge in [-0.1, -0.05) is 44.2 Å². The maximum absolute atomic E-state index is 13.2. The lowest BCUT2D eigenvalue weighted by Crippen LogP contribution is -2.50. The van der Waals surface area contributed by atoms with Gasteiger partial charge >= 0.3 is 12.2 Å². The molecule has 1 aliphatic rings. The zero-order chi connectivity index (χ0) is 18.0. The molecule has 2 unspecified atom stereocenters. The van der Waals surface area contributed by atoms with Crippen LogP contribution in [0.15, 0.2) is 30.3 Å². The second-order valence-corrected chi connectivity index (χ2v) is 6.95. The summed E-state index contributed by atoms with van der Waals surface area (Å²) >= 11 is 0. The van der Waals surface area contributed by atoms with Gasteiger partial charge in [0.15, 0.2) is 0 Å². The number of β-amino-alcohol motifs (C(OH)–C–C–N with tert-alkyl or cyclic N) is 1. The van der Waals surface area contributed by atoms with E-state index in [0.29, 0.717) is 0 Å². The van der Waals surface area contributed by atoms with Crippen LogP contribution in [0, 0.1) is 5.41 Å². The first-order valence-corrected chi connectivity index (χ1v) is 7.94. The fraction of sp³-hybridized carbons (Fsp3) is 0.588. The van der Waals surface area contributed by atoms with Gasteiger partial charge in [-0.05, 0) is 18.4 Å². The van der Waals surface area contributed by atoms with Crippen molar-refractivity contribution in [3.8, 4) is 0 Å². The zero-order valence-electron chi connectivity index (χ0n) is 13.8. The minimum atomic E-state index is -4.52. The summed E-state index contributed by atoms with van der Waals surface area (Å²) in [4.78, 5) is 13.4. The monoisotopic (exact) mass is 344 g/mol. The van der Waals surface area contributed by atoms with E-state index in [2.05, 4.69) is 5.32 Å². The molecule has 0 spiro atoms. The molecule has 0 aliphatic carbocycles. The fourth-order valence-electron chi connectivity index (χ4n) is 2.79. The van der Waals surface area contributed by atoms with Crippen molar-refractivity contribution in [3.05, 3.63) is 35.9 Å². The molecule has 2 amide bonds. The number of halogens is 3. The number of carbonyl (C=O) groups excluding carboxylic acids is 1. The third-order valence-corrected chi connectivity index (χ3v) is 4.44. The molecular formula is C17H23F3N2O2. The molecule has 1 fully saturated rings. The van der Waals surface area contributed by atoms with E-state index >= 15 is 0 Å². The average Bonchev–Trinajstić information content (AvgIpc) is 2.77. The number of likely N-dealkylation sites (tertiary alicyclic amines) is 1. The van der Waals surface area contributed by atoms with E-state index in [1.165, 1.54) is 4.90 Å². The van der Waals surface area contributed by atoms with Gasteiger partial charge in [-0.25, -0.2) is 4.79 Å². The summed E-state index contributed by atoms with van der Waals surface area (Å²) in [6, 6.07) is 6.16. The van der Waals surface area contributed by atoms with Crippen LogP contribution in [0.25, 0.3) is 0 Å². The number of hydrogen-bond donors (Lipinski definition) is 2. The van der Waals surface area contributed by atoms with Crippen molar-refractivity contribution in [2.24, 2.45) is 5.41 Å². The van der Waals surface area contributed by atoms with Gasteiger partial charge < -0.3 is 15.3 Å². The predicted molar refractivity (Wildman–Crippen MR) is 84.5 cm³/mol. The Hall–Kier alpha value is -1.76. The number of aliphatic hydroxyl groups is 1. The highest BCUT2D eigenvalue weighted by atomic mass is 19.4. The highest BCUT2D eigenvalue weighted by Crippen LogP contribution is 2.30. The second-order valence-electron chi connectivity index (χ2n) is 6.95. The number of urea groups is 1. The van der Waals surface area contributed by atoms with E-state index in [4.69, 9.17) is 0 Å². The summed E-state index contributed by atoms with van der Waals surface area (Å²) in [5.41, 5.74) is 0.272. The number of aryl methyl sites for hydroxylation is 1. The molecule has 7 heteroatoms. The minimum Gasteiger partial charge on any atom is -0.391 e. The Kier molecular flexibility index (Phi) is 5.42. The standard InChI is InChI=1S/C17H23F3N2O2/c1-16(2)11-22(10-14(16)23)15(24)21-13(17(18,19)20)9-8-12-6-4-3-5-7-12/h3-7,13-14,23H,8-11H2,1-2H3,(H,21,24). The van der Waals surface area contributed by atoms with Gasteiger partial charge in [0.2, 0.25) is 0 Å². The lowest BCUT2D eigenvalue weighted by Gasteiger charge is -2.26. The predicted octanol–water partition coefficient (Wildman–Crippen LogP) is 2.96. The number of benzene rings is 1. The third kappa shape index (κ3) is 4.63. The smallest absolute Gasteiger partial charge is 0.391 e. The third-order valence-electron chi connectivity index (χ3n) is 4.44. The largest absolute Gasteiger partial charge is 0.408 e. The number of alkyl halides is 3. The normalized spacial score (nSPS) is 21.6. The summed E-state index contributed by atoms with van der Waals surface area (Å²) in [6.07, 6.45) is -5.26. The van der Waals surface area contributed by atoms with Crippen LogP contribution in [0.3, 0.4) is 0 Å². The first-order valence-electron chi connectivity index (χ1n) is 7.94. The molecule has 0 saturated carbocycles. The Bertz CT molecular complexity index is 561. The molecule has 2 rings (SSSR count). The Balaban J connectivity index is 1.98. The van der Waals surface area contributed by atoms with Crippen LogP contribution in [0.1, 0.15) is 25.8 Å². The van der Waals surface area contributed by atoms with E-state index in [0.717, 1.165) is 5.56 Å². The van der Waals surface area contributed by atoms with Gasteiger partial charge in [0, 0.05) is 18.5 Å². The Morgan fingerprint density at radius 3 is 2.50 bits per heavy atom. The van der Waals surface area contributed by atoms with Crippen LogP contribution >= 0.6 is 0 Å². The molecule has 24 heavy (non-hydrogen) atoms. The van der Waals surface area contributed by atoms with Crippen LogP contribution in [-0.2, 0) is 6.42 Å². The number of aliphatic hydroxyl groups excluding tert-OH is 1. The molecule has 1 aromatic carbocycles. The molecule has 2 N–H and O–H groups in total.